The number of ketones is 1. The second kappa shape index (κ2) is 11.6. The van der Waals surface area contributed by atoms with E-state index in [0.29, 0.717) is 36.4 Å². The number of nitrogens with zero attached hydrogens (tertiary/aromatic N) is 4. The molecule has 1 aromatic carbocycles. The van der Waals surface area contributed by atoms with Crippen LogP contribution >= 0.6 is 11.5 Å². The first-order valence-electron chi connectivity index (χ1n) is 12.0. The van der Waals surface area contributed by atoms with Crippen LogP contribution < -0.4 is 10.6 Å². The summed E-state index contributed by atoms with van der Waals surface area (Å²) in [6.07, 6.45) is 4.02. The number of carbonyl (C=O) groups is 2. The van der Waals surface area contributed by atoms with Gasteiger partial charge in [0.25, 0.3) is 0 Å². The van der Waals surface area contributed by atoms with E-state index in [9.17, 15) is 14.9 Å². The lowest BCUT2D eigenvalue weighted by Crippen LogP contribution is -2.46. The van der Waals surface area contributed by atoms with E-state index in [0.717, 1.165) is 24.0 Å². The molecule has 182 valence electrons. The zero-order chi connectivity index (χ0) is 24.8. The number of benzene rings is 1. The number of nitrogens with two attached hydrogens (primary N) is 1. The number of carbonyl (C=O) groups excluding carboxylic acids is 2. The maximum atomic E-state index is 13.0. The molecule has 1 aliphatic heterocycles. The van der Waals surface area contributed by atoms with Crippen molar-refractivity contribution in [1.82, 2.24) is 9.27 Å². The Morgan fingerprint density at radius 3 is 2.44 bits per heavy atom. The Hall–Kier alpha value is -2.76. The van der Waals surface area contributed by atoms with Gasteiger partial charge < -0.3 is 10.6 Å². The molecule has 0 spiro atoms. The van der Waals surface area contributed by atoms with E-state index in [1.54, 1.807) is 4.90 Å². The zero-order valence-corrected chi connectivity index (χ0v) is 21.3. The number of hydrogen-bond donors (Lipinski definition) is 1. The molecule has 7 nitrogen and oxygen atoms in total. The number of Topliss-reactive ketones (excluding diaryl/α,β-unsaturated/α-hetero) is 1. The van der Waals surface area contributed by atoms with Gasteiger partial charge in [0, 0.05) is 28.6 Å². The monoisotopic (exact) mass is 481 g/mol. The van der Waals surface area contributed by atoms with Gasteiger partial charge in [-0.25, -0.2) is 0 Å². The molecule has 3 rings (SSSR count). The van der Waals surface area contributed by atoms with Gasteiger partial charge in [-0.15, -0.1) is 0 Å². The predicted octanol–water partition coefficient (Wildman–Crippen LogP) is 4.49. The van der Waals surface area contributed by atoms with Gasteiger partial charge in [-0.05, 0) is 56.1 Å². The number of hydrogen-bond acceptors (Lipinski definition) is 7. The molecule has 1 fully saturated rings. The zero-order valence-electron chi connectivity index (χ0n) is 20.5. The number of nitriles is 1. The minimum absolute atomic E-state index is 0.0137. The molecule has 3 atom stereocenters. The number of piperidine rings is 1. The highest BCUT2D eigenvalue weighted by molar-refractivity contribution is 7.04. The average molecular weight is 482 g/mol. The summed E-state index contributed by atoms with van der Waals surface area (Å²) in [5.41, 5.74) is 8.10. The van der Waals surface area contributed by atoms with Crippen molar-refractivity contribution < 1.29 is 9.59 Å². The fraction of sp³-hybridized carbons (Fsp3) is 0.538. The third-order valence-electron chi connectivity index (χ3n) is 6.68. The van der Waals surface area contributed by atoms with Crippen LogP contribution in [0.5, 0.6) is 0 Å². The third kappa shape index (κ3) is 6.02. The van der Waals surface area contributed by atoms with Crippen LogP contribution in [0.4, 0.5) is 5.82 Å². The molecule has 1 aromatic heterocycles. The molecule has 0 saturated carbocycles. The Morgan fingerprint density at radius 1 is 1.24 bits per heavy atom. The Morgan fingerprint density at radius 2 is 1.88 bits per heavy atom. The van der Waals surface area contributed by atoms with Crippen molar-refractivity contribution in [2.45, 2.75) is 71.5 Å². The molecular formula is C26H35N5O2S. The van der Waals surface area contributed by atoms with Crippen LogP contribution in [-0.4, -0.2) is 52.2 Å². The first-order chi connectivity index (χ1) is 16.2. The fourth-order valence-corrected chi connectivity index (χ4v) is 5.47. The first-order valence-corrected chi connectivity index (χ1v) is 12.8. The predicted molar refractivity (Wildman–Crippen MR) is 137 cm³/mol. The van der Waals surface area contributed by atoms with Gasteiger partial charge in [0.1, 0.15) is 12.6 Å². The Balaban J connectivity index is 1.83. The summed E-state index contributed by atoms with van der Waals surface area (Å²) in [5, 5.41) is 11.3. The second-order valence-corrected chi connectivity index (χ2v) is 10.3. The van der Waals surface area contributed by atoms with Crippen LogP contribution in [-0.2, 0) is 4.79 Å². The van der Waals surface area contributed by atoms with E-state index >= 15 is 0 Å². The maximum Gasteiger partial charge on any atom is 0.240 e. The molecule has 1 saturated heterocycles. The topological polar surface area (TPSA) is 103 Å². The van der Waals surface area contributed by atoms with Crippen molar-refractivity contribution in [1.29, 1.82) is 5.26 Å². The first kappa shape index (κ1) is 25.9. The van der Waals surface area contributed by atoms with Crippen LogP contribution in [0.15, 0.2) is 29.6 Å². The molecule has 2 aromatic rings. The highest BCUT2D eigenvalue weighted by Crippen LogP contribution is 2.34. The van der Waals surface area contributed by atoms with E-state index in [2.05, 4.69) is 29.2 Å². The largest absolute Gasteiger partial charge is 0.368 e. The molecule has 1 amide bonds. The van der Waals surface area contributed by atoms with Gasteiger partial charge in [-0.2, -0.15) is 9.64 Å². The van der Waals surface area contributed by atoms with Gasteiger partial charge >= 0.3 is 0 Å². The lowest BCUT2D eigenvalue weighted by molar-refractivity contribution is -0.119. The standard InChI is InChI=1S/C26H35N5O2S/c1-17(2)14-23(25(28)33)30(13-12-27)26-22(16-34-29-26)20-8-10-21(11-9-20)24(32)15-31-18(3)6-5-7-19(31)4/h8-11,16-19,23H,5-7,13-15H2,1-4H3,(H2,28,33)/t18?,19?,23-/m0/s1. The Labute approximate surface area is 206 Å². The number of amides is 1. The molecule has 0 radical (unpaired) electrons. The average Bonchev–Trinajstić information content (AvgIpc) is 3.28. The van der Waals surface area contributed by atoms with Gasteiger partial charge in [0.05, 0.1) is 12.6 Å². The molecule has 0 aliphatic carbocycles. The fourth-order valence-electron chi connectivity index (χ4n) is 4.77. The van der Waals surface area contributed by atoms with Crippen molar-refractivity contribution in [2.24, 2.45) is 11.7 Å². The van der Waals surface area contributed by atoms with Crippen LogP contribution in [0, 0.1) is 17.2 Å². The Kier molecular flexibility index (Phi) is 8.81. The van der Waals surface area contributed by atoms with Gasteiger partial charge in [0.2, 0.25) is 5.91 Å². The number of primary amides is 1. The van der Waals surface area contributed by atoms with Gasteiger partial charge in [-0.3, -0.25) is 14.5 Å². The van der Waals surface area contributed by atoms with Crippen molar-refractivity contribution in [3.8, 4) is 17.2 Å². The molecule has 34 heavy (non-hydrogen) atoms. The van der Waals surface area contributed by atoms with E-state index in [1.165, 1.54) is 18.0 Å². The normalized spacial score (nSPS) is 19.5. The number of aromatic nitrogens is 1. The van der Waals surface area contributed by atoms with Crippen LogP contribution in [0.25, 0.3) is 11.1 Å². The minimum Gasteiger partial charge on any atom is -0.368 e. The molecular weight excluding hydrogens is 446 g/mol. The molecule has 2 unspecified atom stereocenters. The Bertz CT molecular complexity index is 1020. The summed E-state index contributed by atoms with van der Waals surface area (Å²) in [4.78, 5) is 29.2. The molecule has 1 aliphatic rings. The van der Waals surface area contributed by atoms with Crippen LogP contribution in [0.3, 0.4) is 0 Å². The van der Waals surface area contributed by atoms with Crippen molar-refractivity contribution in [3.63, 3.8) is 0 Å². The highest BCUT2D eigenvalue weighted by Gasteiger charge is 2.29. The van der Waals surface area contributed by atoms with E-state index < -0.39 is 11.9 Å². The van der Waals surface area contributed by atoms with Crippen LogP contribution in [0.2, 0.25) is 0 Å². The van der Waals surface area contributed by atoms with Gasteiger partial charge in [0.15, 0.2) is 11.6 Å². The van der Waals surface area contributed by atoms with Crippen molar-refractivity contribution in [3.05, 3.63) is 35.2 Å². The second-order valence-electron chi connectivity index (χ2n) is 9.69. The van der Waals surface area contributed by atoms with E-state index in [1.807, 2.05) is 43.5 Å². The number of anilines is 1. The lowest BCUT2D eigenvalue weighted by Gasteiger charge is -2.38. The van der Waals surface area contributed by atoms with Crippen molar-refractivity contribution in [2.75, 3.05) is 18.0 Å². The summed E-state index contributed by atoms with van der Waals surface area (Å²) in [6, 6.07) is 9.90. The third-order valence-corrected chi connectivity index (χ3v) is 7.30. The summed E-state index contributed by atoms with van der Waals surface area (Å²) >= 11 is 1.27. The summed E-state index contributed by atoms with van der Waals surface area (Å²) in [6.45, 7) is 8.87. The SMILES string of the molecule is CC(C)C[C@@H](C(N)=O)N(CC#N)c1nscc1-c1ccc(C(=O)CN2C(C)CCCC2C)cc1. The van der Waals surface area contributed by atoms with Crippen molar-refractivity contribution >= 4 is 29.0 Å². The maximum absolute atomic E-state index is 13.0. The molecule has 8 heteroatoms. The number of rotatable bonds is 10. The van der Waals surface area contributed by atoms with E-state index in [4.69, 9.17) is 5.73 Å². The summed E-state index contributed by atoms with van der Waals surface area (Å²) in [7, 11) is 0. The quantitative estimate of drug-likeness (QED) is 0.396. The molecule has 2 heterocycles. The summed E-state index contributed by atoms with van der Waals surface area (Å²) in [5.74, 6) is 0.458. The molecule has 2 N–H and O–H groups in total. The minimum atomic E-state index is -0.616. The van der Waals surface area contributed by atoms with Gasteiger partial charge in [-0.1, -0.05) is 44.5 Å². The summed E-state index contributed by atoms with van der Waals surface area (Å²) < 4.78 is 4.51. The highest BCUT2D eigenvalue weighted by atomic mass is 32.1. The van der Waals surface area contributed by atoms with E-state index in [-0.39, 0.29) is 18.2 Å². The van der Waals surface area contributed by atoms with Crippen LogP contribution in [0.1, 0.15) is 63.7 Å². The number of likely N-dealkylation sites (tertiary alicyclic amines) is 1. The molecule has 0 bridgehead atoms. The smallest absolute Gasteiger partial charge is 0.240 e. The lowest BCUT2D eigenvalue weighted by atomic mass is 9.96.